The number of nitrogens with one attached hydrogen (secondary N) is 1. The summed E-state index contributed by atoms with van der Waals surface area (Å²) in [7, 11) is 0. The number of aromatic nitrogens is 1. The average molecular weight is 327 g/mol. The molecule has 24 heavy (non-hydrogen) atoms. The third-order valence-corrected chi connectivity index (χ3v) is 4.82. The quantitative estimate of drug-likeness (QED) is 0.937. The lowest BCUT2D eigenvalue weighted by molar-refractivity contribution is -0.133. The van der Waals surface area contributed by atoms with Crippen LogP contribution in [0.3, 0.4) is 0 Å². The first-order chi connectivity index (χ1) is 11.5. The molecule has 0 spiro atoms. The molecule has 2 amide bonds. The number of hydrogen-bond donors (Lipinski definition) is 1. The number of likely N-dealkylation sites (tertiary alicyclic amines) is 1. The first-order valence-electron chi connectivity index (χ1n) is 8.61. The summed E-state index contributed by atoms with van der Waals surface area (Å²) < 4.78 is 2.09. The molecule has 3 rings (SSSR count). The third-order valence-electron chi connectivity index (χ3n) is 4.82. The second-order valence-corrected chi connectivity index (χ2v) is 6.72. The average Bonchev–Trinajstić information content (AvgIpc) is 2.89. The highest BCUT2D eigenvalue weighted by Crippen LogP contribution is 2.21. The molecular weight excluding hydrogens is 302 g/mol. The molecular formula is C19H25N3O2. The van der Waals surface area contributed by atoms with Crippen molar-refractivity contribution >= 4 is 22.7 Å². The van der Waals surface area contributed by atoms with Crippen molar-refractivity contribution in [2.75, 3.05) is 19.6 Å². The van der Waals surface area contributed by atoms with E-state index in [2.05, 4.69) is 28.1 Å². The SMILES string of the molecule is CC(=O)NCC1CCCN(C(=O)Cn2c(C)cc3ccccc32)C1. The van der Waals surface area contributed by atoms with E-state index in [1.54, 1.807) is 0 Å². The van der Waals surface area contributed by atoms with Gasteiger partial charge in [0.25, 0.3) is 0 Å². The highest BCUT2D eigenvalue weighted by atomic mass is 16.2. The molecule has 0 bridgehead atoms. The van der Waals surface area contributed by atoms with Crippen LogP contribution in [0.1, 0.15) is 25.5 Å². The molecule has 1 unspecified atom stereocenters. The molecule has 0 aliphatic carbocycles. The van der Waals surface area contributed by atoms with E-state index in [9.17, 15) is 9.59 Å². The van der Waals surface area contributed by atoms with Gasteiger partial charge in [-0.1, -0.05) is 18.2 Å². The summed E-state index contributed by atoms with van der Waals surface area (Å²) in [5, 5.41) is 4.04. The molecule has 0 radical (unpaired) electrons. The van der Waals surface area contributed by atoms with Crippen LogP contribution < -0.4 is 5.32 Å². The Hall–Kier alpha value is -2.30. The molecule has 1 N–H and O–H groups in total. The van der Waals surface area contributed by atoms with Crippen molar-refractivity contribution in [3.63, 3.8) is 0 Å². The van der Waals surface area contributed by atoms with E-state index < -0.39 is 0 Å². The van der Waals surface area contributed by atoms with Crippen molar-refractivity contribution in [3.05, 3.63) is 36.0 Å². The number of rotatable bonds is 4. The summed E-state index contributed by atoms with van der Waals surface area (Å²) in [5.74, 6) is 0.508. The van der Waals surface area contributed by atoms with E-state index in [4.69, 9.17) is 0 Å². The van der Waals surface area contributed by atoms with Gasteiger partial charge in [-0.25, -0.2) is 0 Å². The highest BCUT2D eigenvalue weighted by molar-refractivity contribution is 5.84. The standard InChI is InChI=1S/C19H25N3O2/c1-14-10-17-7-3-4-8-18(17)22(14)13-19(24)21-9-5-6-16(12-21)11-20-15(2)23/h3-4,7-8,10,16H,5-6,9,11-13H2,1-2H3,(H,20,23). The van der Waals surface area contributed by atoms with Crippen LogP contribution in [0, 0.1) is 12.8 Å². The van der Waals surface area contributed by atoms with Crippen molar-refractivity contribution in [3.8, 4) is 0 Å². The van der Waals surface area contributed by atoms with Gasteiger partial charge in [0.15, 0.2) is 0 Å². The summed E-state index contributed by atoms with van der Waals surface area (Å²) in [5.41, 5.74) is 2.21. The Morgan fingerprint density at radius 1 is 1.29 bits per heavy atom. The smallest absolute Gasteiger partial charge is 0.242 e. The van der Waals surface area contributed by atoms with Crippen molar-refractivity contribution in [2.45, 2.75) is 33.2 Å². The summed E-state index contributed by atoms with van der Waals surface area (Å²) in [4.78, 5) is 25.8. The monoisotopic (exact) mass is 327 g/mol. The zero-order valence-electron chi connectivity index (χ0n) is 14.4. The lowest BCUT2D eigenvalue weighted by Gasteiger charge is -2.33. The van der Waals surface area contributed by atoms with Crippen LogP contribution in [0.4, 0.5) is 0 Å². The molecule has 1 atom stereocenters. The fourth-order valence-corrected chi connectivity index (χ4v) is 3.54. The number of amides is 2. The van der Waals surface area contributed by atoms with Gasteiger partial charge in [-0.3, -0.25) is 9.59 Å². The van der Waals surface area contributed by atoms with Gasteiger partial charge in [0.05, 0.1) is 0 Å². The topological polar surface area (TPSA) is 54.3 Å². The number of nitrogens with zero attached hydrogens (tertiary/aromatic N) is 2. The van der Waals surface area contributed by atoms with Gasteiger partial charge in [0, 0.05) is 37.8 Å². The zero-order valence-corrected chi connectivity index (χ0v) is 14.4. The molecule has 0 saturated carbocycles. The Kier molecular flexibility index (Phi) is 4.88. The van der Waals surface area contributed by atoms with Gasteiger partial charge in [0.2, 0.25) is 11.8 Å². The van der Waals surface area contributed by atoms with Gasteiger partial charge in [-0.2, -0.15) is 0 Å². The molecule has 1 aliphatic heterocycles. The maximum absolute atomic E-state index is 12.8. The predicted molar refractivity (Wildman–Crippen MR) is 94.7 cm³/mol. The second-order valence-electron chi connectivity index (χ2n) is 6.72. The van der Waals surface area contributed by atoms with Gasteiger partial charge in [-0.05, 0) is 43.2 Å². The number of fused-ring (bicyclic) bond motifs is 1. The molecule has 1 saturated heterocycles. The summed E-state index contributed by atoms with van der Waals surface area (Å²) in [6, 6.07) is 10.3. The van der Waals surface area contributed by atoms with E-state index in [1.807, 2.05) is 24.0 Å². The van der Waals surface area contributed by atoms with Crippen LogP contribution in [-0.2, 0) is 16.1 Å². The Bertz CT molecular complexity index is 750. The summed E-state index contributed by atoms with van der Waals surface area (Å²) in [6.07, 6.45) is 2.07. The fourth-order valence-electron chi connectivity index (χ4n) is 3.54. The molecule has 128 valence electrons. The van der Waals surface area contributed by atoms with Crippen LogP contribution >= 0.6 is 0 Å². The number of aryl methyl sites for hydroxylation is 1. The van der Waals surface area contributed by atoms with Gasteiger partial charge in [0.1, 0.15) is 6.54 Å². The number of benzene rings is 1. The Morgan fingerprint density at radius 3 is 2.88 bits per heavy atom. The number of carbonyl (C=O) groups is 2. The molecule has 1 aromatic heterocycles. The largest absolute Gasteiger partial charge is 0.356 e. The molecule has 5 heteroatoms. The number of piperidine rings is 1. The zero-order chi connectivity index (χ0) is 17.1. The minimum atomic E-state index is -0.00659. The van der Waals surface area contributed by atoms with E-state index in [0.717, 1.165) is 37.1 Å². The van der Waals surface area contributed by atoms with Gasteiger partial charge < -0.3 is 14.8 Å². The molecule has 2 heterocycles. The number of para-hydroxylation sites is 1. The third kappa shape index (κ3) is 3.61. The van der Waals surface area contributed by atoms with Crippen LogP contribution in [0.15, 0.2) is 30.3 Å². The van der Waals surface area contributed by atoms with Crippen LogP contribution in [0.2, 0.25) is 0 Å². The van der Waals surface area contributed by atoms with Crippen molar-refractivity contribution in [2.24, 2.45) is 5.92 Å². The Balaban J connectivity index is 1.67. The van der Waals surface area contributed by atoms with Crippen LogP contribution in [0.25, 0.3) is 10.9 Å². The minimum absolute atomic E-state index is 0.00659. The number of hydrogen-bond acceptors (Lipinski definition) is 2. The molecule has 1 aromatic carbocycles. The Labute approximate surface area is 142 Å². The molecule has 1 fully saturated rings. The van der Waals surface area contributed by atoms with Crippen LogP contribution in [0.5, 0.6) is 0 Å². The lowest BCUT2D eigenvalue weighted by Crippen LogP contribution is -2.44. The van der Waals surface area contributed by atoms with E-state index in [-0.39, 0.29) is 11.8 Å². The number of carbonyl (C=O) groups excluding carboxylic acids is 2. The molecule has 1 aliphatic rings. The fraction of sp³-hybridized carbons (Fsp3) is 0.474. The first-order valence-corrected chi connectivity index (χ1v) is 8.61. The predicted octanol–water partition coefficient (Wildman–Crippen LogP) is 2.32. The second kappa shape index (κ2) is 7.07. The van der Waals surface area contributed by atoms with Crippen LogP contribution in [-0.4, -0.2) is 40.9 Å². The normalized spacial score (nSPS) is 17.9. The highest BCUT2D eigenvalue weighted by Gasteiger charge is 2.24. The minimum Gasteiger partial charge on any atom is -0.356 e. The molecule has 2 aromatic rings. The van der Waals surface area contributed by atoms with Gasteiger partial charge >= 0.3 is 0 Å². The van der Waals surface area contributed by atoms with E-state index in [0.29, 0.717) is 19.0 Å². The summed E-state index contributed by atoms with van der Waals surface area (Å²) >= 11 is 0. The first kappa shape index (κ1) is 16.6. The van der Waals surface area contributed by atoms with Gasteiger partial charge in [-0.15, -0.1) is 0 Å². The van der Waals surface area contributed by atoms with Crippen molar-refractivity contribution in [1.82, 2.24) is 14.8 Å². The Morgan fingerprint density at radius 2 is 2.08 bits per heavy atom. The van der Waals surface area contributed by atoms with E-state index >= 15 is 0 Å². The molecule has 5 nitrogen and oxygen atoms in total. The lowest BCUT2D eigenvalue weighted by atomic mass is 9.98. The van der Waals surface area contributed by atoms with Crippen molar-refractivity contribution in [1.29, 1.82) is 0 Å². The summed E-state index contributed by atoms with van der Waals surface area (Å²) in [6.45, 7) is 6.16. The maximum Gasteiger partial charge on any atom is 0.242 e. The van der Waals surface area contributed by atoms with E-state index in [1.165, 1.54) is 12.3 Å². The maximum atomic E-state index is 12.8. The van der Waals surface area contributed by atoms with Crippen molar-refractivity contribution < 1.29 is 9.59 Å².